The lowest BCUT2D eigenvalue weighted by Crippen LogP contribution is -2.59. The zero-order valence-corrected chi connectivity index (χ0v) is 11.9. The van der Waals surface area contributed by atoms with E-state index in [9.17, 15) is 4.79 Å². The van der Waals surface area contributed by atoms with Crippen molar-refractivity contribution in [1.29, 1.82) is 0 Å². The van der Waals surface area contributed by atoms with Crippen LogP contribution in [-0.4, -0.2) is 47.7 Å². The number of carboxylic acid groups (broad SMARTS) is 1. The lowest BCUT2D eigenvalue weighted by Gasteiger charge is -2.27. The van der Waals surface area contributed by atoms with Gasteiger partial charge in [-0.2, -0.15) is 0 Å². The summed E-state index contributed by atoms with van der Waals surface area (Å²) in [6, 6.07) is 0. The summed E-state index contributed by atoms with van der Waals surface area (Å²) in [6.45, 7) is 3.55. The zero-order chi connectivity index (χ0) is 11.3. The Hall–Kier alpha value is -0.610. The molecule has 0 bridgehead atoms. The van der Waals surface area contributed by atoms with Crippen molar-refractivity contribution in [2.45, 2.75) is 13.1 Å². The van der Waals surface area contributed by atoms with Gasteiger partial charge in [0.05, 0.1) is 6.54 Å². The third-order valence-electron chi connectivity index (χ3n) is 1.96. The van der Waals surface area contributed by atoms with Gasteiger partial charge in [0, 0.05) is 13.1 Å². The van der Waals surface area contributed by atoms with Gasteiger partial charge >= 0.3 is 5.97 Å². The Morgan fingerprint density at radius 3 is 2.82 bits per heavy atom. The fraction of sp³-hybridized carbons (Fsp3) is 0.714. The highest BCUT2D eigenvalue weighted by Gasteiger charge is 2.29. The van der Waals surface area contributed by atoms with Gasteiger partial charge in [0.2, 0.25) is 5.96 Å². The van der Waals surface area contributed by atoms with Gasteiger partial charge in [0.25, 0.3) is 0 Å². The Morgan fingerprint density at radius 1 is 1.71 bits per heavy atom. The van der Waals surface area contributed by atoms with E-state index in [0.29, 0.717) is 25.6 Å². The topological polar surface area (TPSA) is 115 Å². The van der Waals surface area contributed by atoms with Crippen LogP contribution in [0.1, 0.15) is 6.92 Å². The molecule has 6 N–H and O–H groups in total. The summed E-state index contributed by atoms with van der Waals surface area (Å²) in [5.41, 5.74) is 7.80. The van der Waals surface area contributed by atoms with E-state index in [4.69, 9.17) is 10.9 Å². The van der Waals surface area contributed by atoms with E-state index in [0.717, 1.165) is 0 Å². The SMILES string of the molecule is Br.CCNNC(C(=O)O)N1CCN=C1NN.Cl. The molecular formula is C7H18BrClN6O2. The van der Waals surface area contributed by atoms with Crippen LogP contribution in [0.5, 0.6) is 0 Å². The number of nitrogens with zero attached hydrogens (tertiary/aromatic N) is 2. The normalized spacial score (nSPS) is 15.4. The predicted molar refractivity (Wildman–Crippen MR) is 72.1 cm³/mol. The van der Waals surface area contributed by atoms with Crippen LogP contribution in [0.4, 0.5) is 0 Å². The number of hydrogen-bond donors (Lipinski definition) is 5. The zero-order valence-electron chi connectivity index (χ0n) is 9.34. The Kier molecular flexibility index (Phi) is 10.4. The molecule has 0 aliphatic carbocycles. The number of guanidine groups is 1. The molecule has 1 rings (SSSR count). The third kappa shape index (κ3) is 5.04. The van der Waals surface area contributed by atoms with E-state index in [-0.39, 0.29) is 29.4 Å². The van der Waals surface area contributed by atoms with Crippen molar-refractivity contribution in [3.05, 3.63) is 0 Å². The monoisotopic (exact) mass is 332 g/mol. The molecule has 0 saturated heterocycles. The first-order valence-electron chi connectivity index (χ1n) is 4.69. The first kappa shape index (κ1) is 18.7. The van der Waals surface area contributed by atoms with E-state index in [2.05, 4.69) is 21.3 Å². The van der Waals surface area contributed by atoms with E-state index in [1.54, 1.807) is 4.90 Å². The maximum Gasteiger partial charge on any atom is 0.342 e. The van der Waals surface area contributed by atoms with Crippen LogP contribution in [0.15, 0.2) is 4.99 Å². The van der Waals surface area contributed by atoms with Crippen LogP contribution in [0.25, 0.3) is 0 Å². The maximum atomic E-state index is 11.0. The molecule has 0 aromatic carbocycles. The minimum Gasteiger partial charge on any atom is -0.479 e. The van der Waals surface area contributed by atoms with Crippen molar-refractivity contribution < 1.29 is 9.90 Å². The molecule has 1 atom stereocenters. The summed E-state index contributed by atoms with van der Waals surface area (Å²) >= 11 is 0. The van der Waals surface area contributed by atoms with Gasteiger partial charge in [-0.1, -0.05) is 6.92 Å². The number of rotatable bonds is 5. The van der Waals surface area contributed by atoms with Crippen LogP contribution < -0.4 is 22.1 Å². The number of hydrogen-bond acceptors (Lipinski definition) is 7. The summed E-state index contributed by atoms with van der Waals surface area (Å²) in [5, 5.41) is 9.01. The van der Waals surface area contributed by atoms with E-state index in [1.165, 1.54) is 0 Å². The van der Waals surface area contributed by atoms with Crippen LogP contribution >= 0.6 is 29.4 Å². The number of halogens is 2. The van der Waals surface area contributed by atoms with E-state index < -0.39 is 12.1 Å². The van der Waals surface area contributed by atoms with Gasteiger partial charge in [-0.25, -0.2) is 16.1 Å². The molecule has 0 aromatic rings. The molecule has 1 aliphatic rings. The highest BCUT2D eigenvalue weighted by atomic mass is 79.9. The minimum atomic E-state index is -0.985. The van der Waals surface area contributed by atoms with Crippen molar-refractivity contribution in [2.24, 2.45) is 10.8 Å². The van der Waals surface area contributed by atoms with Gasteiger partial charge in [-0.3, -0.25) is 15.8 Å². The van der Waals surface area contributed by atoms with Gasteiger partial charge in [-0.15, -0.1) is 29.4 Å². The maximum absolute atomic E-state index is 11.0. The minimum absolute atomic E-state index is 0. The molecule has 0 spiro atoms. The lowest BCUT2D eigenvalue weighted by atomic mass is 10.4. The van der Waals surface area contributed by atoms with E-state index >= 15 is 0 Å². The van der Waals surface area contributed by atoms with Crippen molar-refractivity contribution in [1.82, 2.24) is 21.2 Å². The third-order valence-corrected chi connectivity index (χ3v) is 1.96. The quantitative estimate of drug-likeness (QED) is 0.312. The molecule has 0 fully saturated rings. The Balaban J connectivity index is 0. The summed E-state index contributed by atoms with van der Waals surface area (Å²) in [5.74, 6) is 4.62. The van der Waals surface area contributed by atoms with Crippen LogP contribution in [-0.2, 0) is 4.79 Å². The number of aliphatic carboxylic acids is 1. The number of aliphatic imine (C=N–C) groups is 1. The Morgan fingerprint density at radius 2 is 2.35 bits per heavy atom. The number of nitrogens with two attached hydrogens (primary N) is 1. The molecule has 1 heterocycles. The number of carboxylic acids is 1. The second kappa shape index (κ2) is 9.42. The van der Waals surface area contributed by atoms with Gasteiger partial charge < -0.3 is 10.0 Å². The smallest absolute Gasteiger partial charge is 0.342 e. The average molecular weight is 334 g/mol. The van der Waals surface area contributed by atoms with Gasteiger partial charge in [0.1, 0.15) is 0 Å². The highest BCUT2D eigenvalue weighted by Crippen LogP contribution is 2.03. The molecule has 0 aromatic heterocycles. The first-order valence-corrected chi connectivity index (χ1v) is 4.69. The molecule has 102 valence electrons. The molecule has 10 heteroatoms. The lowest BCUT2D eigenvalue weighted by molar-refractivity contribution is -0.143. The van der Waals surface area contributed by atoms with Crippen LogP contribution in [0.2, 0.25) is 0 Å². The second-order valence-electron chi connectivity index (χ2n) is 2.96. The fourth-order valence-electron chi connectivity index (χ4n) is 1.31. The summed E-state index contributed by atoms with van der Waals surface area (Å²) in [4.78, 5) is 16.6. The summed E-state index contributed by atoms with van der Waals surface area (Å²) in [7, 11) is 0. The highest BCUT2D eigenvalue weighted by molar-refractivity contribution is 8.93. The number of carbonyl (C=O) groups is 1. The Bertz CT molecular complexity index is 267. The van der Waals surface area contributed by atoms with Crippen molar-refractivity contribution in [3.63, 3.8) is 0 Å². The second-order valence-corrected chi connectivity index (χ2v) is 2.96. The largest absolute Gasteiger partial charge is 0.479 e. The van der Waals surface area contributed by atoms with Crippen LogP contribution in [0, 0.1) is 0 Å². The molecule has 8 nitrogen and oxygen atoms in total. The average Bonchev–Trinajstić information content (AvgIpc) is 2.66. The first-order chi connectivity index (χ1) is 7.20. The van der Waals surface area contributed by atoms with Gasteiger partial charge in [-0.05, 0) is 0 Å². The molecular weight excluding hydrogens is 315 g/mol. The summed E-state index contributed by atoms with van der Waals surface area (Å²) in [6.07, 6.45) is -0.873. The molecule has 1 aliphatic heterocycles. The van der Waals surface area contributed by atoms with Gasteiger partial charge in [0.15, 0.2) is 6.17 Å². The number of nitrogens with one attached hydrogen (secondary N) is 3. The van der Waals surface area contributed by atoms with Crippen molar-refractivity contribution in [2.75, 3.05) is 19.6 Å². The van der Waals surface area contributed by atoms with Crippen LogP contribution in [0.3, 0.4) is 0 Å². The molecule has 0 saturated carbocycles. The summed E-state index contributed by atoms with van der Waals surface area (Å²) < 4.78 is 0. The standard InChI is InChI=1S/C7H16N6O2.BrH.ClH/c1-2-10-12-5(6(14)15)13-4-3-9-7(13)11-8;;/h5,10,12H,2-4,8H2,1H3,(H,9,11)(H,14,15);2*1H. The molecule has 1 unspecified atom stereocenters. The molecule has 0 radical (unpaired) electrons. The predicted octanol–water partition coefficient (Wildman–Crippen LogP) is -1.35. The fourth-order valence-corrected chi connectivity index (χ4v) is 1.31. The van der Waals surface area contributed by atoms with Crippen molar-refractivity contribution in [3.8, 4) is 0 Å². The van der Waals surface area contributed by atoms with Crippen molar-refractivity contribution >= 4 is 41.3 Å². The Labute approximate surface area is 116 Å². The van der Waals surface area contributed by atoms with E-state index in [1.807, 2.05) is 6.92 Å². The molecule has 0 amide bonds. The molecule has 17 heavy (non-hydrogen) atoms. The number of hydrazine groups is 2.